The Hall–Kier alpha value is -2.89. The lowest BCUT2D eigenvalue weighted by atomic mass is 10.2. The van der Waals surface area contributed by atoms with E-state index in [1.54, 1.807) is 16.7 Å². The van der Waals surface area contributed by atoms with E-state index >= 15 is 0 Å². The number of ether oxygens (including phenoxy) is 1. The molecular formula is C18H18FN3O2. The van der Waals surface area contributed by atoms with Crippen molar-refractivity contribution in [2.75, 3.05) is 6.61 Å². The summed E-state index contributed by atoms with van der Waals surface area (Å²) in [5.74, 6) is 0.0846. The topological polar surface area (TPSA) is 55.6 Å². The van der Waals surface area contributed by atoms with Gasteiger partial charge in [-0.05, 0) is 36.2 Å². The van der Waals surface area contributed by atoms with E-state index in [1.165, 1.54) is 17.8 Å². The molecule has 1 amide bonds. The van der Waals surface area contributed by atoms with E-state index in [9.17, 15) is 9.18 Å². The SMILES string of the molecule is CCc1ccc(OCC(=O)NCc2cn3cc(F)ccc3n2)cc1. The fourth-order valence-electron chi connectivity index (χ4n) is 2.31. The van der Waals surface area contributed by atoms with Gasteiger partial charge < -0.3 is 14.5 Å². The molecule has 0 saturated heterocycles. The third-order valence-corrected chi connectivity index (χ3v) is 3.63. The average Bonchev–Trinajstić information content (AvgIpc) is 3.00. The van der Waals surface area contributed by atoms with Crippen LogP contribution in [0, 0.1) is 5.82 Å². The molecule has 0 spiro atoms. The molecule has 0 fully saturated rings. The van der Waals surface area contributed by atoms with Crippen LogP contribution in [0.25, 0.3) is 5.65 Å². The molecule has 3 rings (SSSR count). The summed E-state index contributed by atoms with van der Waals surface area (Å²) in [6.45, 7) is 2.28. The maximum atomic E-state index is 13.1. The molecule has 2 aromatic heterocycles. The Balaban J connectivity index is 1.50. The van der Waals surface area contributed by atoms with Gasteiger partial charge in [-0.25, -0.2) is 9.37 Å². The Morgan fingerprint density at radius 2 is 2.00 bits per heavy atom. The number of rotatable bonds is 6. The van der Waals surface area contributed by atoms with Gasteiger partial charge in [0.1, 0.15) is 17.2 Å². The zero-order valence-corrected chi connectivity index (χ0v) is 13.3. The van der Waals surface area contributed by atoms with Crippen LogP contribution >= 0.6 is 0 Å². The van der Waals surface area contributed by atoms with Gasteiger partial charge in [-0.2, -0.15) is 0 Å². The van der Waals surface area contributed by atoms with Gasteiger partial charge in [0.15, 0.2) is 6.61 Å². The Labute approximate surface area is 139 Å². The van der Waals surface area contributed by atoms with Crippen LogP contribution in [0.15, 0.2) is 48.8 Å². The van der Waals surface area contributed by atoms with E-state index in [-0.39, 0.29) is 24.9 Å². The van der Waals surface area contributed by atoms with Crippen molar-refractivity contribution < 1.29 is 13.9 Å². The molecule has 124 valence electrons. The van der Waals surface area contributed by atoms with Gasteiger partial charge in [0.25, 0.3) is 5.91 Å². The second-order valence-corrected chi connectivity index (χ2v) is 5.41. The van der Waals surface area contributed by atoms with E-state index < -0.39 is 0 Å². The fraction of sp³-hybridized carbons (Fsp3) is 0.222. The van der Waals surface area contributed by atoms with Crippen molar-refractivity contribution in [3.63, 3.8) is 0 Å². The van der Waals surface area contributed by atoms with Gasteiger partial charge >= 0.3 is 0 Å². The first-order valence-electron chi connectivity index (χ1n) is 7.75. The van der Waals surface area contributed by atoms with Gasteiger partial charge in [-0.3, -0.25) is 4.79 Å². The molecule has 0 saturated carbocycles. The number of pyridine rings is 1. The number of nitrogens with zero attached hydrogens (tertiary/aromatic N) is 2. The van der Waals surface area contributed by atoms with E-state index in [0.717, 1.165) is 6.42 Å². The van der Waals surface area contributed by atoms with Crippen LogP contribution in [0.1, 0.15) is 18.2 Å². The second kappa shape index (κ2) is 7.12. The highest BCUT2D eigenvalue weighted by atomic mass is 19.1. The fourth-order valence-corrected chi connectivity index (χ4v) is 2.31. The molecule has 2 heterocycles. The molecule has 0 atom stereocenters. The monoisotopic (exact) mass is 327 g/mol. The lowest BCUT2D eigenvalue weighted by molar-refractivity contribution is -0.123. The summed E-state index contributed by atoms with van der Waals surface area (Å²) in [6, 6.07) is 10.6. The molecule has 0 aliphatic rings. The summed E-state index contributed by atoms with van der Waals surface area (Å²) in [6.07, 6.45) is 3.99. The maximum absolute atomic E-state index is 13.1. The number of aryl methyl sites for hydroxylation is 1. The smallest absolute Gasteiger partial charge is 0.258 e. The van der Waals surface area contributed by atoms with Crippen molar-refractivity contribution in [1.29, 1.82) is 0 Å². The van der Waals surface area contributed by atoms with Crippen LogP contribution in [0.2, 0.25) is 0 Å². The first-order chi connectivity index (χ1) is 11.6. The van der Waals surface area contributed by atoms with Crippen LogP contribution < -0.4 is 10.1 Å². The normalized spacial score (nSPS) is 10.8. The number of halogens is 1. The lowest BCUT2D eigenvalue weighted by Crippen LogP contribution is -2.28. The van der Waals surface area contributed by atoms with Gasteiger partial charge in [-0.15, -0.1) is 0 Å². The Morgan fingerprint density at radius 1 is 1.21 bits per heavy atom. The Morgan fingerprint density at radius 3 is 2.75 bits per heavy atom. The van der Waals surface area contributed by atoms with Crippen molar-refractivity contribution in [2.45, 2.75) is 19.9 Å². The summed E-state index contributed by atoms with van der Waals surface area (Å²) in [4.78, 5) is 16.2. The minimum atomic E-state index is -0.335. The predicted octanol–water partition coefficient (Wildman–Crippen LogP) is 2.73. The third-order valence-electron chi connectivity index (χ3n) is 3.63. The molecule has 3 aromatic rings. The van der Waals surface area contributed by atoms with Crippen molar-refractivity contribution in [3.05, 3.63) is 65.9 Å². The zero-order chi connectivity index (χ0) is 16.9. The molecule has 0 bridgehead atoms. The number of carbonyl (C=O) groups is 1. The lowest BCUT2D eigenvalue weighted by Gasteiger charge is -2.07. The van der Waals surface area contributed by atoms with E-state index in [1.807, 2.05) is 24.3 Å². The molecule has 1 aromatic carbocycles. The Kier molecular flexibility index (Phi) is 4.74. The van der Waals surface area contributed by atoms with Crippen molar-refractivity contribution in [1.82, 2.24) is 14.7 Å². The highest BCUT2D eigenvalue weighted by molar-refractivity contribution is 5.77. The molecule has 1 N–H and O–H groups in total. The molecule has 6 heteroatoms. The summed E-state index contributed by atoms with van der Waals surface area (Å²) in [5.41, 5.74) is 2.50. The third kappa shape index (κ3) is 3.90. The van der Waals surface area contributed by atoms with Gasteiger partial charge in [0.05, 0.1) is 12.2 Å². The number of hydrogen-bond acceptors (Lipinski definition) is 3. The number of nitrogens with one attached hydrogen (secondary N) is 1. The summed E-state index contributed by atoms with van der Waals surface area (Å²) >= 11 is 0. The van der Waals surface area contributed by atoms with Crippen molar-refractivity contribution in [2.24, 2.45) is 0 Å². The quantitative estimate of drug-likeness (QED) is 0.757. The predicted molar refractivity (Wildman–Crippen MR) is 88.3 cm³/mol. The van der Waals surface area contributed by atoms with E-state index in [2.05, 4.69) is 17.2 Å². The highest BCUT2D eigenvalue weighted by Gasteiger charge is 2.06. The van der Waals surface area contributed by atoms with Crippen molar-refractivity contribution in [3.8, 4) is 5.75 Å². The van der Waals surface area contributed by atoms with Crippen LogP contribution in [0.5, 0.6) is 5.75 Å². The molecule has 0 unspecified atom stereocenters. The summed E-state index contributed by atoms with van der Waals surface area (Å²) in [5, 5.41) is 2.73. The van der Waals surface area contributed by atoms with Crippen LogP contribution in [-0.2, 0) is 17.8 Å². The number of hydrogen-bond donors (Lipinski definition) is 1. The molecule has 0 aliphatic carbocycles. The van der Waals surface area contributed by atoms with Gasteiger partial charge in [-0.1, -0.05) is 19.1 Å². The molecule has 24 heavy (non-hydrogen) atoms. The van der Waals surface area contributed by atoms with Gasteiger partial charge in [0, 0.05) is 12.4 Å². The number of fused-ring (bicyclic) bond motifs is 1. The molecule has 0 radical (unpaired) electrons. The summed E-state index contributed by atoms with van der Waals surface area (Å²) in [7, 11) is 0. The largest absolute Gasteiger partial charge is 0.484 e. The van der Waals surface area contributed by atoms with E-state index in [0.29, 0.717) is 17.1 Å². The van der Waals surface area contributed by atoms with E-state index in [4.69, 9.17) is 4.74 Å². The zero-order valence-electron chi connectivity index (χ0n) is 13.3. The van der Waals surface area contributed by atoms with Crippen LogP contribution in [0.3, 0.4) is 0 Å². The number of amides is 1. The van der Waals surface area contributed by atoms with Gasteiger partial charge in [0.2, 0.25) is 0 Å². The number of carbonyl (C=O) groups excluding carboxylic acids is 1. The molecule has 5 nitrogen and oxygen atoms in total. The number of aromatic nitrogens is 2. The highest BCUT2D eigenvalue weighted by Crippen LogP contribution is 2.12. The molecular weight excluding hydrogens is 309 g/mol. The first kappa shape index (κ1) is 16.0. The minimum absolute atomic E-state index is 0.0620. The average molecular weight is 327 g/mol. The van der Waals surface area contributed by atoms with Crippen LogP contribution in [0.4, 0.5) is 4.39 Å². The number of benzene rings is 1. The molecule has 0 aliphatic heterocycles. The minimum Gasteiger partial charge on any atom is -0.484 e. The Bertz CT molecular complexity index is 843. The maximum Gasteiger partial charge on any atom is 0.258 e. The standard InChI is InChI=1S/C18H18FN3O2/c1-2-13-3-6-16(7-4-13)24-12-18(23)20-9-15-11-22-10-14(19)5-8-17(22)21-15/h3-8,10-11H,2,9,12H2,1H3,(H,20,23). The second-order valence-electron chi connectivity index (χ2n) is 5.41. The first-order valence-corrected chi connectivity index (χ1v) is 7.75. The van der Waals surface area contributed by atoms with Crippen molar-refractivity contribution >= 4 is 11.6 Å². The van der Waals surface area contributed by atoms with Crippen LogP contribution in [-0.4, -0.2) is 21.9 Å². The number of imidazole rings is 1. The summed E-state index contributed by atoms with van der Waals surface area (Å²) < 4.78 is 20.2.